The Hall–Kier alpha value is -0.840. The summed E-state index contributed by atoms with van der Waals surface area (Å²) in [5.41, 5.74) is 6.67. The van der Waals surface area contributed by atoms with Crippen LogP contribution >= 0.6 is 24.8 Å². The highest BCUT2D eigenvalue weighted by Crippen LogP contribution is 2.16. The number of nitrogens with two attached hydrogens (primary N) is 1. The van der Waals surface area contributed by atoms with Gasteiger partial charge in [0.15, 0.2) is 0 Å². The standard InChI is InChI=1S/C13H21N3O.2ClH/c1-9(2)13(4,8-14)16-12(17)11-10(3)6-5-7-15-11;;/h5-7,9H,8,14H2,1-4H3,(H,16,17);2*1H. The zero-order valence-electron chi connectivity index (χ0n) is 11.8. The molecule has 4 nitrogen and oxygen atoms in total. The Balaban J connectivity index is 0. The van der Waals surface area contributed by atoms with Crippen molar-refractivity contribution in [3.8, 4) is 0 Å². The number of carbonyl (C=O) groups is 1. The van der Waals surface area contributed by atoms with E-state index < -0.39 is 5.54 Å². The van der Waals surface area contributed by atoms with Crippen molar-refractivity contribution >= 4 is 30.7 Å². The molecule has 1 aromatic heterocycles. The Bertz CT molecular complexity index is 413. The van der Waals surface area contributed by atoms with Crippen molar-refractivity contribution in [2.75, 3.05) is 6.54 Å². The summed E-state index contributed by atoms with van der Waals surface area (Å²) in [5.74, 6) is 0.102. The monoisotopic (exact) mass is 307 g/mol. The summed E-state index contributed by atoms with van der Waals surface area (Å²) < 4.78 is 0. The van der Waals surface area contributed by atoms with Gasteiger partial charge in [0.2, 0.25) is 0 Å². The van der Waals surface area contributed by atoms with Crippen molar-refractivity contribution in [3.63, 3.8) is 0 Å². The zero-order chi connectivity index (χ0) is 13.1. The number of nitrogens with one attached hydrogen (secondary N) is 1. The van der Waals surface area contributed by atoms with Crippen molar-refractivity contribution in [3.05, 3.63) is 29.6 Å². The lowest BCUT2D eigenvalue weighted by Crippen LogP contribution is -2.55. The fourth-order valence-electron chi connectivity index (χ4n) is 1.47. The van der Waals surface area contributed by atoms with Gasteiger partial charge >= 0.3 is 0 Å². The van der Waals surface area contributed by atoms with E-state index >= 15 is 0 Å². The molecule has 3 N–H and O–H groups in total. The summed E-state index contributed by atoms with van der Waals surface area (Å²) in [7, 11) is 0. The molecule has 1 aromatic rings. The van der Waals surface area contributed by atoms with E-state index in [-0.39, 0.29) is 36.6 Å². The van der Waals surface area contributed by atoms with Crippen LogP contribution in [0.3, 0.4) is 0 Å². The molecule has 0 spiro atoms. The summed E-state index contributed by atoms with van der Waals surface area (Å²) in [5, 5.41) is 2.97. The predicted octanol–water partition coefficient (Wildman–Crippen LogP) is 2.34. The van der Waals surface area contributed by atoms with Crippen molar-refractivity contribution < 1.29 is 4.79 Å². The van der Waals surface area contributed by atoms with Crippen LogP contribution in [-0.4, -0.2) is 23.0 Å². The van der Waals surface area contributed by atoms with Gasteiger partial charge in [-0.25, -0.2) is 0 Å². The molecule has 0 aliphatic carbocycles. The number of aryl methyl sites for hydroxylation is 1. The first-order valence-corrected chi connectivity index (χ1v) is 5.85. The lowest BCUT2D eigenvalue weighted by Gasteiger charge is -2.33. The fourth-order valence-corrected chi connectivity index (χ4v) is 1.47. The van der Waals surface area contributed by atoms with Crippen LogP contribution in [0.15, 0.2) is 18.3 Å². The van der Waals surface area contributed by atoms with Gasteiger partial charge in [-0.1, -0.05) is 19.9 Å². The first-order valence-electron chi connectivity index (χ1n) is 5.85. The molecule has 0 bridgehead atoms. The Labute approximate surface area is 127 Å². The summed E-state index contributed by atoms with van der Waals surface area (Å²) in [6, 6.07) is 3.69. The van der Waals surface area contributed by atoms with Crippen molar-refractivity contribution in [1.29, 1.82) is 0 Å². The molecule has 6 heteroatoms. The molecule has 0 aromatic carbocycles. The highest BCUT2D eigenvalue weighted by molar-refractivity contribution is 5.94. The van der Waals surface area contributed by atoms with Gasteiger partial charge in [-0.15, -0.1) is 24.8 Å². The van der Waals surface area contributed by atoms with Crippen LogP contribution in [0.4, 0.5) is 0 Å². The maximum absolute atomic E-state index is 12.1. The van der Waals surface area contributed by atoms with Gasteiger partial charge in [0, 0.05) is 12.7 Å². The average Bonchev–Trinajstić information content (AvgIpc) is 2.29. The lowest BCUT2D eigenvalue weighted by atomic mass is 9.88. The summed E-state index contributed by atoms with van der Waals surface area (Å²) >= 11 is 0. The smallest absolute Gasteiger partial charge is 0.270 e. The van der Waals surface area contributed by atoms with E-state index in [2.05, 4.69) is 10.3 Å². The van der Waals surface area contributed by atoms with Crippen LogP contribution < -0.4 is 11.1 Å². The van der Waals surface area contributed by atoms with E-state index in [1.165, 1.54) is 0 Å². The second-order valence-electron chi connectivity index (χ2n) is 4.90. The molecule has 1 amide bonds. The Kier molecular flexibility index (Phi) is 9.00. The Morgan fingerprint density at radius 1 is 1.47 bits per heavy atom. The number of halogens is 2. The number of pyridine rings is 1. The van der Waals surface area contributed by atoms with Crippen molar-refractivity contribution in [2.24, 2.45) is 11.7 Å². The molecule has 1 rings (SSSR count). The highest BCUT2D eigenvalue weighted by Gasteiger charge is 2.29. The lowest BCUT2D eigenvalue weighted by molar-refractivity contribution is 0.0877. The number of amides is 1. The van der Waals surface area contributed by atoms with Crippen LogP contribution in [0.1, 0.15) is 36.8 Å². The van der Waals surface area contributed by atoms with E-state index in [0.29, 0.717) is 12.2 Å². The third-order valence-corrected chi connectivity index (χ3v) is 3.32. The van der Waals surface area contributed by atoms with Gasteiger partial charge in [-0.2, -0.15) is 0 Å². The first-order chi connectivity index (χ1) is 7.90. The number of aromatic nitrogens is 1. The van der Waals surface area contributed by atoms with Crippen molar-refractivity contribution in [1.82, 2.24) is 10.3 Å². The van der Waals surface area contributed by atoms with Crippen LogP contribution in [-0.2, 0) is 0 Å². The molecular weight excluding hydrogens is 285 g/mol. The average molecular weight is 308 g/mol. The zero-order valence-corrected chi connectivity index (χ0v) is 13.4. The summed E-state index contributed by atoms with van der Waals surface area (Å²) in [4.78, 5) is 16.2. The number of hydrogen-bond acceptors (Lipinski definition) is 3. The van der Waals surface area contributed by atoms with Gasteiger partial charge in [0.1, 0.15) is 5.69 Å². The summed E-state index contributed by atoms with van der Waals surface area (Å²) in [6.45, 7) is 8.31. The molecule has 0 fully saturated rings. The third-order valence-electron chi connectivity index (χ3n) is 3.32. The molecule has 0 saturated carbocycles. The minimum atomic E-state index is -0.402. The van der Waals surface area contributed by atoms with E-state index in [0.717, 1.165) is 5.56 Å². The molecule has 110 valence electrons. The minimum absolute atomic E-state index is 0. The van der Waals surface area contributed by atoms with Gasteiger partial charge in [0.25, 0.3) is 5.91 Å². The van der Waals surface area contributed by atoms with Gasteiger partial charge < -0.3 is 11.1 Å². The molecule has 19 heavy (non-hydrogen) atoms. The number of carbonyl (C=O) groups excluding carboxylic acids is 1. The van der Waals surface area contributed by atoms with Crippen LogP contribution in [0, 0.1) is 12.8 Å². The van der Waals surface area contributed by atoms with E-state index in [4.69, 9.17) is 5.73 Å². The molecule has 0 saturated heterocycles. The summed E-state index contributed by atoms with van der Waals surface area (Å²) in [6.07, 6.45) is 1.62. The fraction of sp³-hybridized carbons (Fsp3) is 0.538. The Morgan fingerprint density at radius 3 is 2.47 bits per heavy atom. The molecule has 0 radical (unpaired) electrons. The minimum Gasteiger partial charge on any atom is -0.344 e. The predicted molar refractivity (Wildman–Crippen MR) is 83.2 cm³/mol. The highest BCUT2D eigenvalue weighted by atomic mass is 35.5. The molecule has 1 unspecified atom stereocenters. The van der Waals surface area contributed by atoms with E-state index in [1.54, 1.807) is 6.20 Å². The van der Waals surface area contributed by atoms with Gasteiger partial charge in [-0.05, 0) is 31.4 Å². The topological polar surface area (TPSA) is 68.0 Å². The van der Waals surface area contributed by atoms with Gasteiger partial charge in [0.05, 0.1) is 5.54 Å². The number of rotatable bonds is 4. The normalized spacial score (nSPS) is 12.9. The van der Waals surface area contributed by atoms with Crippen molar-refractivity contribution in [2.45, 2.75) is 33.2 Å². The van der Waals surface area contributed by atoms with E-state index in [9.17, 15) is 4.79 Å². The SMILES string of the molecule is Cc1cccnc1C(=O)NC(C)(CN)C(C)C.Cl.Cl. The molecular formula is C13H23Cl2N3O. The second kappa shape index (κ2) is 8.35. The first kappa shape index (κ1) is 20.5. The largest absolute Gasteiger partial charge is 0.344 e. The van der Waals surface area contributed by atoms with Crippen LogP contribution in [0.5, 0.6) is 0 Å². The number of nitrogens with zero attached hydrogens (tertiary/aromatic N) is 1. The molecule has 1 atom stereocenters. The quantitative estimate of drug-likeness (QED) is 0.897. The van der Waals surface area contributed by atoms with Crippen LogP contribution in [0.25, 0.3) is 0 Å². The second-order valence-corrected chi connectivity index (χ2v) is 4.90. The third kappa shape index (κ3) is 4.97. The molecule has 0 aliphatic rings. The molecule has 1 heterocycles. The van der Waals surface area contributed by atoms with Crippen LogP contribution in [0.2, 0.25) is 0 Å². The Morgan fingerprint density at radius 2 is 2.05 bits per heavy atom. The maximum atomic E-state index is 12.1. The maximum Gasteiger partial charge on any atom is 0.270 e. The van der Waals surface area contributed by atoms with E-state index in [1.807, 2.05) is 39.8 Å². The number of hydrogen-bond donors (Lipinski definition) is 2. The van der Waals surface area contributed by atoms with Gasteiger partial charge in [-0.3, -0.25) is 9.78 Å². The molecule has 0 aliphatic heterocycles.